The summed E-state index contributed by atoms with van der Waals surface area (Å²) in [6.07, 6.45) is 4.09. The molecule has 0 radical (unpaired) electrons. The molecule has 25 nitrogen and oxygen atoms in total. The first-order chi connectivity index (χ1) is 48.4. The lowest BCUT2D eigenvalue weighted by Crippen LogP contribution is -2.36. The van der Waals surface area contributed by atoms with Gasteiger partial charge in [-0.25, -0.2) is 9.34 Å². The Morgan fingerprint density at radius 3 is 0.991 bits per heavy atom. The standard InChI is InChI=1S/C21H39N2O4P.C16H34NO3P.C16H26O6.C13H22O4.C11H18O5.CH4.2CH3/c1-8-20(12-10-19(24)11-13-21(25)16(2)3)27-28(26-15-9-14-22)23(17(4)5)18(6)7;1-9-11-19-21(17(13(5)6)14(7)8)20-15(10-2)16(18)12(3)4;1-4-13(22-16(21)10-9-15(19)20)7-5-12(17)6-8-14(18)11(2)3;1-5-10(14)7-8-12(15)17-11(6-2)13(16)9(3)4;1-4-8(11(15)7(2)3)16-10(14)6-5-9(12)13;;;/h16-18,20H,8-13,15H2,1-7H3;12-15H,9-11H2,1-8H3;11,13H,4-10H2,1-3H3,(H,19,20);9,11H,5-8H2,1-4H3;7-8H,4-6H2,1-3H3,(H,12,13);1H4;2*1H3/q;;;;;;2*+1/p-2. The summed E-state index contributed by atoms with van der Waals surface area (Å²) < 4.78 is 43.8. The van der Waals surface area contributed by atoms with Crippen LogP contribution in [0.3, 0.4) is 0 Å². The molecule has 0 aliphatic heterocycles. The minimum atomic E-state index is -1.31. The van der Waals surface area contributed by atoms with Crippen LogP contribution in [0.1, 0.15) is 322 Å². The molecule has 0 aliphatic rings. The van der Waals surface area contributed by atoms with Crippen molar-refractivity contribution in [2.24, 2.45) is 29.6 Å². The van der Waals surface area contributed by atoms with E-state index in [-0.39, 0.29) is 180 Å². The molecule has 0 aromatic carbocycles. The number of hydrogen-bond donors (Lipinski definition) is 0. The van der Waals surface area contributed by atoms with E-state index in [1.807, 2.05) is 48.5 Å². The number of carboxylic acid groups (broad SMARTS) is 2. The predicted octanol–water partition coefficient (Wildman–Crippen LogP) is 15.3. The third kappa shape index (κ3) is 61.0. The van der Waals surface area contributed by atoms with Crippen LogP contribution in [0, 0.1) is 55.8 Å². The number of ketones is 8. The quantitative estimate of drug-likeness (QED) is 0.0179. The van der Waals surface area contributed by atoms with Gasteiger partial charge in [-0.3, -0.25) is 52.7 Å². The van der Waals surface area contributed by atoms with E-state index in [0.717, 1.165) is 12.8 Å². The highest BCUT2D eigenvalue weighted by atomic mass is 31.2. The number of rotatable bonds is 54. The fraction of sp³-hybridized carbons (Fsp3) is 0.800. The van der Waals surface area contributed by atoms with E-state index in [0.29, 0.717) is 95.9 Å². The van der Waals surface area contributed by atoms with Gasteiger partial charge in [-0.05, 0) is 120 Å². The molecule has 27 heteroatoms. The maximum atomic E-state index is 12.3. The van der Waals surface area contributed by atoms with Crippen LogP contribution in [-0.2, 0) is 94.6 Å². The first-order valence-corrected chi connectivity index (χ1v) is 40.0. The van der Waals surface area contributed by atoms with Crippen molar-refractivity contribution in [3.05, 3.63) is 14.9 Å². The number of nitrogens with zero attached hydrogens (tertiary/aromatic N) is 3. The SMILES string of the molecule is C.CCC(=O)CCC(=O)OC(CC)C(=O)C(C)C.CCC(CCC(=O)CCC(=O)C(C)C)OC(=O)CCC(=O)[O-].CCC(CCC(=O)CCC(=O)C(C)C)OP(OCCC#N)N(C(C)C)C(C)C.CCC(OC(=O)CCC(=O)[O-])C(=O)C(C)C.CCCOP(OC(CC)C(=O)C(C)C)N(C(C)C)C(C)C.[CH3+].[CH3+]. The Morgan fingerprint density at radius 2 is 0.692 bits per heavy atom. The fourth-order valence-corrected chi connectivity index (χ4v) is 12.8. The van der Waals surface area contributed by atoms with Gasteiger partial charge in [0.2, 0.25) is 0 Å². The second kappa shape index (κ2) is 69.7. The molecule has 624 valence electrons. The number of aliphatic carboxylic acids is 2. The zero-order chi connectivity index (χ0) is 81.5. The third-order valence-corrected chi connectivity index (χ3v) is 19.8. The topological polar surface area (TPSA) is 363 Å². The number of ether oxygens (including phenoxy) is 3. The molecule has 0 aliphatic carbocycles. The van der Waals surface area contributed by atoms with Gasteiger partial charge in [0.15, 0.2) is 29.6 Å². The summed E-state index contributed by atoms with van der Waals surface area (Å²) in [5, 5.41) is 29.2. The largest absolute Gasteiger partial charge is 0.550 e. The first kappa shape index (κ1) is 117. The van der Waals surface area contributed by atoms with Crippen LogP contribution in [0.25, 0.3) is 0 Å². The van der Waals surface area contributed by atoms with Crippen molar-refractivity contribution in [2.45, 2.75) is 376 Å². The van der Waals surface area contributed by atoms with Crippen LogP contribution in [0.15, 0.2) is 0 Å². The van der Waals surface area contributed by atoms with Crippen LogP contribution in [-0.4, -0.2) is 153 Å². The first-order valence-electron chi connectivity index (χ1n) is 37.8. The predicted molar refractivity (Wildman–Crippen MR) is 420 cm³/mol. The lowest BCUT2D eigenvalue weighted by atomic mass is 10.0. The number of hydrogen-bond acceptors (Lipinski definition) is 25. The van der Waals surface area contributed by atoms with E-state index >= 15 is 0 Å². The van der Waals surface area contributed by atoms with Crippen molar-refractivity contribution in [1.82, 2.24) is 9.34 Å². The summed E-state index contributed by atoms with van der Waals surface area (Å²) in [5.41, 5.74) is 0. The van der Waals surface area contributed by atoms with Crippen LogP contribution in [0.2, 0.25) is 0 Å². The molecule has 0 heterocycles. The van der Waals surface area contributed by atoms with E-state index in [1.165, 1.54) is 0 Å². The Balaban J connectivity index is -0.000000192. The zero-order valence-electron chi connectivity index (χ0n) is 70.3. The van der Waals surface area contributed by atoms with Crippen molar-refractivity contribution in [3.63, 3.8) is 0 Å². The van der Waals surface area contributed by atoms with E-state index in [1.54, 1.807) is 62.3 Å². The van der Waals surface area contributed by atoms with Crippen molar-refractivity contribution < 1.29 is 105 Å². The summed E-state index contributed by atoms with van der Waals surface area (Å²) in [6, 6.07) is 3.23. The summed E-state index contributed by atoms with van der Waals surface area (Å²) in [4.78, 5) is 148. The molecule has 0 amide bonds. The number of carbonyl (C=O) groups is 13. The number of Topliss-reactive ketones (excluding diaryl/α,β-unsaturated/α-hetero) is 8. The molecule has 0 N–H and O–H groups in total. The van der Waals surface area contributed by atoms with Crippen LogP contribution >= 0.6 is 17.1 Å². The summed E-state index contributed by atoms with van der Waals surface area (Å²) >= 11 is 0. The lowest BCUT2D eigenvalue weighted by Gasteiger charge is -2.37. The Bertz CT molecular complexity index is 2520. The lowest BCUT2D eigenvalue weighted by molar-refractivity contribution is -0.307. The highest BCUT2D eigenvalue weighted by Gasteiger charge is 2.34. The number of esters is 3. The maximum absolute atomic E-state index is 12.3. The normalized spacial score (nSPS) is 12.9. The van der Waals surface area contributed by atoms with Gasteiger partial charge in [0.05, 0.1) is 51.1 Å². The molecule has 0 aromatic rings. The van der Waals surface area contributed by atoms with Crippen LogP contribution in [0.5, 0.6) is 0 Å². The van der Waals surface area contributed by atoms with Gasteiger partial charge in [0.25, 0.3) is 17.1 Å². The average molecular weight is 1570 g/mol. The highest BCUT2D eigenvalue weighted by molar-refractivity contribution is 7.45. The smallest absolute Gasteiger partial charge is 0.306 e. The molecule has 0 saturated heterocycles. The molecule has 0 bridgehead atoms. The summed E-state index contributed by atoms with van der Waals surface area (Å²) in [5.74, 6) is -4.54. The van der Waals surface area contributed by atoms with Crippen molar-refractivity contribution in [2.75, 3.05) is 13.2 Å². The second-order valence-corrected chi connectivity index (χ2v) is 30.6. The Morgan fingerprint density at radius 1 is 0.374 bits per heavy atom. The Hall–Kier alpha value is -5.44. The molecule has 0 aromatic heterocycles. The van der Waals surface area contributed by atoms with Gasteiger partial charge >= 0.3 is 17.9 Å². The minimum absolute atomic E-state index is 0. The monoisotopic (exact) mass is 1560 g/mol. The second-order valence-electron chi connectivity index (χ2n) is 27.8. The molecule has 0 rings (SSSR count). The summed E-state index contributed by atoms with van der Waals surface area (Å²) in [7, 11) is -2.50. The molecule has 0 spiro atoms. The Labute approximate surface area is 649 Å². The number of carboxylic acids is 2. The third-order valence-electron chi connectivity index (χ3n) is 15.4. The average Bonchev–Trinajstić information content (AvgIpc) is 0.863. The molecular formula is C80H147N3O22P2. The molecule has 107 heavy (non-hydrogen) atoms. The van der Waals surface area contributed by atoms with Gasteiger partial charge < -0.3 is 52.1 Å². The van der Waals surface area contributed by atoms with E-state index in [2.05, 4.69) is 77.7 Å². The fourth-order valence-electron chi connectivity index (χ4n) is 9.13. The van der Waals surface area contributed by atoms with Gasteiger partial charge in [0.1, 0.15) is 41.1 Å². The maximum Gasteiger partial charge on any atom is 0.306 e. The van der Waals surface area contributed by atoms with E-state index < -0.39 is 65.2 Å². The molecule has 7 atom stereocenters. The summed E-state index contributed by atoms with van der Waals surface area (Å²) in [6.45, 7) is 49.3. The van der Waals surface area contributed by atoms with Crippen molar-refractivity contribution in [3.8, 4) is 6.07 Å². The van der Waals surface area contributed by atoms with Crippen molar-refractivity contribution in [1.29, 1.82) is 5.26 Å². The highest BCUT2D eigenvalue weighted by Crippen LogP contribution is 2.49. The van der Waals surface area contributed by atoms with Crippen LogP contribution < -0.4 is 10.2 Å². The zero-order valence-corrected chi connectivity index (χ0v) is 72.1. The number of carbonyl (C=O) groups excluding carboxylic acids is 13. The molecular weight excluding hydrogens is 1420 g/mol. The van der Waals surface area contributed by atoms with Gasteiger partial charge in [-0.1, -0.05) is 125 Å². The molecule has 0 saturated carbocycles. The van der Waals surface area contributed by atoms with Gasteiger partial charge in [-0.2, -0.15) is 5.26 Å². The van der Waals surface area contributed by atoms with E-state index in [9.17, 15) is 72.5 Å². The number of nitriles is 1. The van der Waals surface area contributed by atoms with Crippen molar-refractivity contribution >= 4 is 93.2 Å². The minimum Gasteiger partial charge on any atom is -0.550 e. The Kier molecular flexibility index (Phi) is 76.5. The van der Waals surface area contributed by atoms with Gasteiger partial charge in [0, 0.05) is 132 Å². The molecule has 7 unspecified atom stereocenters. The van der Waals surface area contributed by atoms with E-state index in [4.69, 9.17) is 37.6 Å². The van der Waals surface area contributed by atoms with Gasteiger partial charge in [-0.15, -0.1) is 0 Å². The van der Waals surface area contributed by atoms with Crippen LogP contribution in [0.4, 0.5) is 0 Å². The molecule has 0 fully saturated rings.